The molecule has 0 radical (unpaired) electrons. The van der Waals surface area contributed by atoms with E-state index in [-0.39, 0.29) is 16.9 Å². The molecule has 2 N–H and O–H groups in total. The Bertz CT molecular complexity index is 1020. The Morgan fingerprint density at radius 3 is 2.70 bits per heavy atom. The molecule has 0 unspecified atom stereocenters. The summed E-state index contributed by atoms with van der Waals surface area (Å²) >= 11 is 6.56. The average molecular weight is 537 g/mol. The quantitative estimate of drug-likeness (QED) is 0.366. The molecule has 0 aliphatic carbocycles. The molecule has 0 saturated carbocycles. The van der Waals surface area contributed by atoms with Gasteiger partial charge < -0.3 is 10.0 Å². The maximum absolute atomic E-state index is 12.4. The summed E-state index contributed by atoms with van der Waals surface area (Å²) < 4.78 is 1.12. The molecule has 1 aliphatic heterocycles. The van der Waals surface area contributed by atoms with Crippen molar-refractivity contribution in [2.75, 3.05) is 11.4 Å². The molecule has 30 heavy (non-hydrogen) atoms. The van der Waals surface area contributed by atoms with Crippen molar-refractivity contribution in [3.8, 4) is 5.75 Å². The Hall–Kier alpha value is -1.86. The van der Waals surface area contributed by atoms with E-state index in [0.717, 1.165) is 24.1 Å². The molecule has 3 rings (SSSR count). The molecule has 0 aromatic heterocycles. The lowest BCUT2D eigenvalue weighted by Crippen LogP contribution is -2.48. The third-order valence-corrected chi connectivity index (χ3v) is 6.79. The van der Waals surface area contributed by atoms with E-state index in [1.165, 1.54) is 11.3 Å². The molecular weight excluding hydrogens is 510 g/mol. The Kier molecular flexibility index (Phi) is 6.63. The van der Waals surface area contributed by atoms with Crippen LogP contribution in [0.15, 0.2) is 38.3 Å². The maximum Gasteiger partial charge on any atom is 0.275 e. The predicted molar refractivity (Wildman–Crippen MR) is 130 cm³/mol. The first-order valence-electron chi connectivity index (χ1n) is 9.98. The van der Waals surface area contributed by atoms with E-state index in [0.29, 0.717) is 14.9 Å². The number of hydrogen-bond acceptors (Lipinski definition) is 4. The summed E-state index contributed by atoms with van der Waals surface area (Å²) in [6.45, 7) is 12.1. The number of benzene rings is 2. The van der Waals surface area contributed by atoms with Crippen molar-refractivity contribution in [3.05, 3.63) is 55.5 Å². The fraction of sp³-hybridized carbons (Fsp3) is 0.391. The lowest BCUT2D eigenvalue weighted by atomic mass is 9.79. The highest BCUT2D eigenvalue weighted by Gasteiger charge is 2.35. The van der Waals surface area contributed by atoms with Crippen molar-refractivity contribution in [2.24, 2.45) is 5.10 Å². The summed E-state index contributed by atoms with van der Waals surface area (Å²) in [5.74, 6) is -0.156. The van der Waals surface area contributed by atoms with Gasteiger partial charge in [0.25, 0.3) is 5.91 Å². The van der Waals surface area contributed by atoms with Crippen molar-refractivity contribution in [1.29, 1.82) is 0 Å². The van der Waals surface area contributed by atoms with Crippen molar-refractivity contribution in [1.82, 2.24) is 5.43 Å². The maximum atomic E-state index is 12.4. The highest BCUT2D eigenvalue weighted by molar-refractivity contribution is 9.11. The predicted octanol–water partition coefficient (Wildman–Crippen LogP) is 6.10. The van der Waals surface area contributed by atoms with Gasteiger partial charge in [-0.05, 0) is 96.9 Å². The van der Waals surface area contributed by atoms with Gasteiger partial charge in [-0.2, -0.15) is 5.10 Å². The third-order valence-electron chi connectivity index (χ3n) is 5.73. The van der Waals surface area contributed by atoms with Gasteiger partial charge in [0.15, 0.2) is 0 Å². The number of aryl methyl sites for hydroxylation is 1. The van der Waals surface area contributed by atoms with Crippen LogP contribution >= 0.6 is 31.9 Å². The Morgan fingerprint density at radius 1 is 1.33 bits per heavy atom. The molecule has 0 spiro atoms. The van der Waals surface area contributed by atoms with E-state index in [4.69, 9.17) is 0 Å². The summed E-state index contributed by atoms with van der Waals surface area (Å²) in [7, 11) is 0. The number of amides is 1. The number of nitrogens with one attached hydrogen (secondary N) is 1. The summed E-state index contributed by atoms with van der Waals surface area (Å²) in [6.07, 6.45) is 2.75. The Balaban J connectivity index is 1.86. The number of nitrogens with zero attached hydrogens (tertiary/aromatic N) is 2. The lowest BCUT2D eigenvalue weighted by molar-refractivity contribution is 0.0952. The third kappa shape index (κ3) is 4.42. The summed E-state index contributed by atoms with van der Waals surface area (Å²) in [6, 6.07) is 7.62. The molecular formula is C23H27Br2N3O2. The summed E-state index contributed by atoms with van der Waals surface area (Å²) in [5, 5.41) is 14.3. The first-order valence-corrected chi connectivity index (χ1v) is 11.6. The van der Waals surface area contributed by atoms with Gasteiger partial charge in [-0.15, -0.1) is 0 Å². The van der Waals surface area contributed by atoms with Gasteiger partial charge in [-0.25, -0.2) is 5.43 Å². The summed E-state index contributed by atoms with van der Waals surface area (Å²) in [4.78, 5) is 14.9. The monoisotopic (exact) mass is 535 g/mol. The second-order valence-corrected chi connectivity index (χ2v) is 10.2. The standard InChI is InChI=1S/C23H27Br2N3O2/c1-6-28-20-7-13(2)15(8-17(20)14(3)11-23(28,4)5)12-26-27-22(30)18-9-16(24)10-19(25)21(18)29/h7-10,12,14,29H,6,11H2,1-5H3,(H,27,30)/b26-12-/t14-/m0/s1. The van der Waals surface area contributed by atoms with Crippen molar-refractivity contribution in [3.63, 3.8) is 0 Å². The van der Waals surface area contributed by atoms with E-state index < -0.39 is 5.91 Å². The normalized spacial score (nSPS) is 17.8. The number of fused-ring (bicyclic) bond motifs is 1. The van der Waals surface area contributed by atoms with Gasteiger partial charge in [0.1, 0.15) is 5.75 Å². The number of phenolic OH excluding ortho intramolecular Hbond substituents is 1. The van der Waals surface area contributed by atoms with Crippen LogP contribution in [0.1, 0.15) is 67.1 Å². The van der Waals surface area contributed by atoms with Crippen LogP contribution in [0.4, 0.5) is 5.69 Å². The van der Waals surface area contributed by atoms with Gasteiger partial charge in [0.2, 0.25) is 0 Å². The number of carbonyl (C=O) groups excluding carboxylic acids is 1. The highest BCUT2D eigenvalue weighted by Crippen LogP contribution is 2.44. The van der Waals surface area contributed by atoms with E-state index in [1.807, 2.05) is 0 Å². The number of rotatable bonds is 4. The van der Waals surface area contributed by atoms with Crippen LogP contribution in [0.25, 0.3) is 0 Å². The molecule has 2 aromatic rings. The number of phenols is 1. The Morgan fingerprint density at radius 2 is 2.03 bits per heavy atom. The van der Waals surface area contributed by atoms with Crippen molar-refractivity contribution < 1.29 is 9.90 Å². The first-order chi connectivity index (χ1) is 14.0. The van der Waals surface area contributed by atoms with Crippen molar-refractivity contribution in [2.45, 2.75) is 52.5 Å². The van der Waals surface area contributed by atoms with Gasteiger partial charge in [-0.1, -0.05) is 22.9 Å². The van der Waals surface area contributed by atoms with E-state index in [2.05, 4.69) is 94.0 Å². The minimum absolute atomic E-state index is 0.119. The number of hydrogen-bond donors (Lipinski definition) is 2. The van der Waals surface area contributed by atoms with E-state index >= 15 is 0 Å². The molecule has 160 valence electrons. The fourth-order valence-electron chi connectivity index (χ4n) is 4.35. The van der Waals surface area contributed by atoms with Crippen LogP contribution in [-0.4, -0.2) is 29.3 Å². The highest BCUT2D eigenvalue weighted by atomic mass is 79.9. The molecule has 1 amide bonds. The number of anilines is 1. The minimum atomic E-state index is -0.478. The van der Waals surface area contributed by atoms with Gasteiger partial charge in [0, 0.05) is 22.2 Å². The minimum Gasteiger partial charge on any atom is -0.506 e. The number of halogens is 2. The molecule has 1 heterocycles. The summed E-state index contributed by atoms with van der Waals surface area (Å²) in [5.41, 5.74) is 7.44. The van der Waals surface area contributed by atoms with E-state index in [1.54, 1.807) is 18.3 Å². The van der Waals surface area contributed by atoms with Crippen LogP contribution in [0.2, 0.25) is 0 Å². The molecule has 0 saturated heterocycles. The molecule has 1 atom stereocenters. The van der Waals surface area contributed by atoms with Crippen LogP contribution in [-0.2, 0) is 0 Å². The molecule has 7 heteroatoms. The van der Waals surface area contributed by atoms with Crippen LogP contribution in [0.5, 0.6) is 5.75 Å². The molecule has 0 bridgehead atoms. The van der Waals surface area contributed by atoms with Crippen molar-refractivity contribution >= 4 is 49.7 Å². The first kappa shape index (κ1) is 22.8. The number of hydrazone groups is 1. The molecule has 0 fully saturated rings. The van der Waals surface area contributed by atoms with Crippen LogP contribution in [0.3, 0.4) is 0 Å². The zero-order valence-corrected chi connectivity index (χ0v) is 21.1. The SMILES string of the molecule is CCN1c2cc(C)c(/C=N\NC(=O)c3cc(Br)cc(Br)c3O)cc2[C@@H](C)CC1(C)C. The van der Waals surface area contributed by atoms with Gasteiger partial charge >= 0.3 is 0 Å². The molecule has 2 aromatic carbocycles. The van der Waals surface area contributed by atoms with Gasteiger partial charge in [-0.3, -0.25) is 4.79 Å². The molecule has 1 aliphatic rings. The zero-order chi connectivity index (χ0) is 22.2. The average Bonchev–Trinajstić information content (AvgIpc) is 2.65. The molecule has 5 nitrogen and oxygen atoms in total. The number of aromatic hydroxyl groups is 1. The second-order valence-electron chi connectivity index (χ2n) is 8.41. The van der Waals surface area contributed by atoms with Gasteiger partial charge in [0.05, 0.1) is 16.3 Å². The topological polar surface area (TPSA) is 64.9 Å². The van der Waals surface area contributed by atoms with Crippen LogP contribution in [0, 0.1) is 6.92 Å². The zero-order valence-electron chi connectivity index (χ0n) is 17.9. The Labute approximate surface area is 194 Å². The second kappa shape index (κ2) is 8.71. The largest absolute Gasteiger partial charge is 0.506 e. The van der Waals surface area contributed by atoms with Crippen LogP contribution < -0.4 is 10.3 Å². The lowest BCUT2D eigenvalue weighted by Gasteiger charge is -2.47. The number of carbonyl (C=O) groups is 1. The fourth-order valence-corrected chi connectivity index (χ4v) is 5.57. The van der Waals surface area contributed by atoms with E-state index in [9.17, 15) is 9.90 Å². The smallest absolute Gasteiger partial charge is 0.275 e.